The lowest BCUT2D eigenvalue weighted by Crippen LogP contribution is -2.23. The molecule has 1 N–H and O–H groups in total. The second kappa shape index (κ2) is 5.93. The Morgan fingerprint density at radius 3 is 2.71 bits per heavy atom. The summed E-state index contributed by atoms with van der Waals surface area (Å²) in [6.45, 7) is 6.04. The molecule has 4 nitrogen and oxygen atoms in total. The van der Waals surface area contributed by atoms with E-state index >= 15 is 0 Å². The van der Waals surface area contributed by atoms with Crippen molar-refractivity contribution < 1.29 is 4.52 Å². The van der Waals surface area contributed by atoms with Crippen LogP contribution in [0, 0.1) is 13.8 Å². The number of rotatable bonds is 3. The smallest absolute Gasteiger partial charge is 0.157 e. The molecule has 21 heavy (non-hydrogen) atoms. The minimum Gasteiger partial charge on any atom is -0.361 e. The van der Waals surface area contributed by atoms with Gasteiger partial charge in [-0.3, -0.25) is 4.99 Å². The molecule has 2 heterocycles. The Morgan fingerprint density at radius 1 is 1.29 bits per heavy atom. The first-order chi connectivity index (χ1) is 10.1. The van der Waals surface area contributed by atoms with Crippen LogP contribution in [-0.4, -0.2) is 16.1 Å². The van der Waals surface area contributed by atoms with Gasteiger partial charge in [-0.15, -0.1) is 0 Å². The zero-order valence-corrected chi connectivity index (χ0v) is 13.3. The zero-order valence-electron chi connectivity index (χ0n) is 12.5. The number of aliphatic imine (C=N–C) groups is 1. The molecule has 1 aromatic carbocycles. The first kappa shape index (κ1) is 14.2. The van der Waals surface area contributed by atoms with E-state index in [2.05, 4.69) is 41.7 Å². The van der Waals surface area contributed by atoms with E-state index in [4.69, 9.17) is 9.52 Å². The molecule has 2 unspecified atom stereocenters. The van der Waals surface area contributed by atoms with E-state index in [-0.39, 0.29) is 12.1 Å². The molecule has 0 bridgehead atoms. The highest BCUT2D eigenvalue weighted by Gasteiger charge is 2.23. The molecule has 0 amide bonds. The number of thioether (sulfide) groups is 1. The summed E-state index contributed by atoms with van der Waals surface area (Å²) in [5.74, 6) is 1.86. The van der Waals surface area contributed by atoms with E-state index < -0.39 is 0 Å². The monoisotopic (exact) mass is 301 g/mol. The molecule has 0 spiro atoms. The Hall–Kier alpha value is -1.75. The Labute approximate surface area is 129 Å². The summed E-state index contributed by atoms with van der Waals surface area (Å²) in [7, 11) is 0. The van der Waals surface area contributed by atoms with Crippen molar-refractivity contribution in [1.29, 1.82) is 0 Å². The van der Waals surface area contributed by atoms with Crippen molar-refractivity contribution in [2.24, 2.45) is 4.99 Å². The summed E-state index contributed by atoms with van der Waals surface area (Å²) in [5, 5.41) is 8.48. The van der Waals surface area contributed by atoms with Gasteiger partial charge in [0.25, 0.3) is 0 Å². The summed E-state index contributed by atoms with van der Waals surface area (Å²) >= 11 is 1.77. The van der Waals surface area contributed by atoms with Gasteiger partial charge in [0.15, 0.2) is 5.17 Å². The van der Waals surface area contributed by atoms with Gasteiger partial charge < -0.3 is 9.84 Å². The fraction of sp³-hybridized carbons (Fsp3) is 0.375. The predicted octanol–water partition coefficient (Wildman–Crippen LogP) is 3.79. The van der Waals surface area contributed by atoms with Gasteiger partial charge in [-0.2, -0.15) is 0 Å². The van der Waals surface area contributed by atoms with Crippen molar-refractivity contribution in [3.05, 3.63) is 52.9 Å². The summed E-state index contributed by atoms with van der Waals surface area (Å²) in [4.78, 5) is 4.78. The number of amidine groups is 1. The molecular weight excluding hydrogens is 282 g/mol. The molecule has 1 aliphatic rings. The number of aromatic nitrogens is 1. The third kappa shape index (κ3) is 2.97. The fourth-order valence-corrected chi connectivity index (χ4v) is 3.71. The van der Waals surface area contributed by atoms with Crippen LogP contribution in [0.1, 0.15) is 41.6 Å². The Morgan fingerprint density at radius 2 is 2.05 bits per heavy atom. The lowest BCUT2D eigenvalue weighted by molar-refractivity contribution is 0.391. The molecule has 0 saturated heterocycles. The summed E-state index contributed by atoms with van der Waals surface area (Å²) < 4.78 is 5.23. The van der Waals surface area contributed by atoms with Gasteiger partial charge in [-0.25, -0.2) is 0 Å². The summed E-state index contributed by atoms with van der Waals surface area (Å²) in [5.41, 5.74) is 3.34. The second-order valence-corrected chi connectivity index (χ2v) is 6.28. The zero-order chi connectivity index (χ0) is 14.8. The van der Waals surface area contributed by atoms with Crippen LogP contribution in [0.15, 0.2) is 39.8 Å². The van der Waals surface area contributed by atoms with Gasteiger partial charge in [0.05, 0.1) is 17.8 Å². The quantitative estimate of drug-likeness (QED) is 0.937. The van der Waals surface area contributed by atoms with Gasteiger partial charge in [0.2, 0.25) is 0 Å². The standard InChI is InChI=1S/C16H19N3OS/c1-10(15-11(2)19-20-12(15)3)17-16-18-14(9-21-16)13-7-5-4-6-8-13/h4-8,10,14H,9H2,1-3H3,(H,17,18). The molecule has 5 heteroatoms. The highest BCUT2D eigenvalue weighted by molar-refractivity contribution is 8.14. The molecule has 2 aromatic rings. The average molecular weight is 301 g/mol. The predicted molar refractivity (Wildman–Crippen MR) is 86.6 cm³/mol. The van der Waals surface area contributed by atoms with Crippen LogP contribution >= 0.6 is 11.8 Å². The van der Waals surface area contributed by atoms with Crippen molar-refractivity contribution in [2.45, 2.75) is 32.9 Å². The van der Waals surface area contributed by atoms with E-state index in [1.54, 1.807) is 11.8 Å². The minimum atomic E-state index is 0.150. The molecule has 1 aromatic heterocycles. The molecule has 2 atom stereocenters. The Kier molecular flexibility index (Phi) is 4.01. The minimum absolute atomic E-state index is 0.150. The number of aryl methyl sites for hydroxylation is 2. The lowest BCUT2D eigenvalue weighted by Gasteiger charge is -2.14. The first-order valence-corrected chi connectivity index (χ1v) is 8.08. The van der Waals surface area contributed by atoms with Gasteiger partial charge in [-0.1, -0.05) is 47.3 Å². The first-order valence-electron chi connectivity index (χ1n) is 7.10. The normalized spacial score (nSPS) is 19.4. The SMILES string of the molecule is Cc1noc(C)c1C(C)NC1=NC(c2ccccc2)CS1. The molecule has 110 valence electrons. The number of hydrogen-bond donors (Lipinski definition) is 1. The third-order valence-corrected chi connectivity index (χ3v) is 4.68. The maximum atomic E-state index is 5.23. The van der Waals surface area contributed by atoms with Crippen LogP contribution in [0.2, 0.25) is 0 Å². The van der Waals surface area contributed by atoms with E-state index in [0.717, 1.165) is 27.9 Å². The highest BCUT2D eigenvalue weighted by atomic mass is 32.2. The van der Waals surface area contributed by atoms with Crippen LogP contribution < -0.4 is 5.32 Å². The molecule has 0 aliphatic carbocycles. The molecule has 0 saturated carbocycles. The second-order valence-electron chi connectivity index (χ2n) is 5.28. The van der Waals surface area contributed by atoms with Crippen LogP contribution in [0.5, 0.6) is 0 Å². The van der Waals surface area contributed by atoms with E-state index in [1.807, 2.05) is 19.9 Å². The average Bonchev–Trinajstić information content (AvgIpc) is 3.07. The summed E-state index contributed by atoms with van der Waals surface area (Å²) in [6.07, 6.45) is 0. The summed E-state index contributed by atoms with van der Waals surface area (Å²) in [6, 6.07) is 10.8. The van der Waals surface area contributed by atoms with Crippen LogP contribution in [-0.2, 0) is 0 Å². The molecule has 1 aliphatic heterocycles. The largest absolute Gasteiger partial charge is 0.361 e. The van der Waals surface area contributed by atoms with Crippen molar-refractivity contribution in [2.75, 3.05) is 5.75 Å². The third-order valence-electron chi connectivity index (χ3n) is 3.70. The van der Waals surface area contributed by atoms with Crippen molar-refractivity contribution in [1.82, 2.24) is 10.5 Å². The van der Waals surface area contributed by atoms with Crippen molar-refractivity contribution in [3.63, 3.8) is 0 Å². The van der Waals surface area contributed by atoms with Gasteiger partial charge in [0, 0.05) is 11.3 Å². The van der Waals surface area contributed by atoms with Gasteiger partial charge in [0.1, 0.15) is 5.76 Å². The Balaban J connectivity index is 1.72. The highest BCUT2D eigenvalue weighted by Crippen LogP contribution is 2.31. The van der Waals surface area contributed by atoms with Crippen LogP contribution in [0.4, 0.5) is 0 Å². The maximum absolute atomic E-state index is 5.23. The van der Waals surface area contributed by atoms with E-state index in [1.165, 1.54) is 5.56 Å². The number of hydrogen-bond acceptors (Lipinski definition) is 5. The number of nitrogens with one attached hydrogen (secondary N) is 1. The fourth-order valence-electron chi connectivity index (χ4n) is 2.66. The van der Waals surface area contributed by atoms with Gasteiger partial charge >= 0.3 is 0 Å². The Bertz CT molecular complexity index is 631. The maximum Gasteiger partial charge on any atom is 0.157 e. The number of nitrogens with zero attached hydrogens (tertiary/aromatic N) is 2. The molecule has 0 fully saturated rings. The van der Waals surface area contributed by atoms with E-state index in [9.17, 15) is 0 Å². The van der Waals surface area contributed by atoms with Crippen LogP contribution in [0.3, 0.4) is 0 Å². The lowest BCUT2D eigenvalue weighted by atomic mass is 10.1. The van der Waals surface area contributed by atoms with Crippen molar-refractivity contribution >= 4 is 16.9 Å². The van der Waals surface area contributed by atoms with Crippen molar-refractivity contribution in [3.8, 4) is 0 Å². The topological polar surface area (TPSA) is 50.4 Å². The number of benzene rings is 1. The molecule has 0 radical (unpaired) electrons. The van der Waals surface area contributed by atoms with Gasteiger partial charge in [-0.05, 0) is 26.3 Å². The molecular formula is C16H19N3OS. The van der Waals surface area contributed by atoms with E-state index in [0.29, 0.717) is 0 Å². The van der Waals surface area contributed by atoms with Crippen LogP contribution in [0.25, 0.3) is 0 Å². The molecule has 3 rings (SSSR count).